The second-order valence-corrected chi connectivity index (χ2v) is 14.4. The molecule has 0 spiro atoms. The summed E-state index contributed by atoms with van der Waals surface area (Å²) in [7, 11) is 1.19. The zero-order valence-electron chi connectivity index (χ0n) is 26.5. The van der Waals surface area contributed by atoms with Crippen LogP contribution in [-0.4, -0.2) is 59.9 Å². The summed E-state index contributed by atoms with van der Waals surface area (Å²) >= 11 is 0. The molecule has 0 saturated heterocycles. The lowest BCUT2D eigenvalue weighted by Gasteiger charge is -2.37. The van der Waals surface area contributed by atoms with E-state index in [-0.39, 0.29) is 6.61 Å². The van der Waals surface area contributed by atoms with Crippen molar-refractivity contribution in [3.8, 4) is 0 Å². The van der Waals surface area contributed by atoms with Gasteiger partial charge in [-0.25, -0.2) is 9.09 Å². The molecule has 0 rings (SSSR count). The Bertz CT molecular complexity index is 660. The van der Waals surface area contributed by atoms with E-state index < -0.39 is 19.2 Å². The van der Waals surface area contributed by atoms with E-state index in [0.717, 1.165) is 19.3 Å². The third-order valence-electron chi connectivity index (χ3n) is 7.45. The summed E-state index contributed by atoms with van der Waals surface area (Å²) < 4.78 is 22.5. The zero-order valence-corrected chi connectivity index (χ0v) is 27.4. The van der Waals surface area contributed by atoms with Crippen molar-refractivity contribution >= 4 is 7.82 Å². The van der Waals surface area contributed by atoms with Crippen LogP contribution < -0.4 is 0 Å². The Morgan fingerprint density at radius 1 is 0.718 bits per heavy atom. The van der Waals surface area contributed by atoms with E-state index in [4.69, 9.17) is 9.05 Å². The molecular formula is C31H65NO6P+. The summed E-state index contributed by atoms with van der Waals surface area (Å²) in [5, 5.41) is 20.8. The second kappa shape index (κ2) is 21.4. The van der Waals surface area contributed by atoms with Crippen LogP contribution in [0.25, 0.3) is 0 Å². The van der Waals surface area contributed by atoms with Crippen molar-refractivity contribution in [3.63, 3.8) is 0 Å². The molecule has 0 saturated carbocycles. The molecular weight excluding hydrogens is 513 g/mol. The molecule has 0 heterocycles. The molecule has 0 radical (unpaired) electrons. The van der Waals surface area contributed by atoms with E-state index in [1.807, 2.05) is 21.1 Å². The number of nitrogens with zero attached hydrogens (tertiary/aromatic N) is 1. The topological polar surface area (TPSA) is 96.2 Å². The van der Waals surface area contributed by atoms with Crippen LogP contribution in [0, 0.1) is 5.41 Å². The fourth-order valence-corrected chi connectivity index (χ4v) is 5.36. The number of unbranched alkanes of at least 4 members (excludes halogenated alkanes) is 16. The number of phosphoric acid groups is 1. The van der Waals surface area contributed by atoms with Crippen LogP contribution in [-0.2, 0) is 13.6 Å². The largest absolute Gasteiger partial charge is 0.476 e. The molecule has 0 aliphatic rings. The minimum absolute atomic E-state index is 0.0233. The Labute approximate surface area is 241 Å². The first kappa shape index (κ1) is 38.7. The Morgan fingerprint density at radius 2 is 1.13 bits per heavy atom. The highest BCUT2D eigenvalue weighted by Crippen LogP contribution is 2.51. The van der Waals surface area contributed by atoms with Crippen LogP contribution in [0.1, 0.15) is 143 Å². The number of hydrogen-bond acceptors (Lipinski definition) is 5. The fraction of sp³-hybridized carbons (Fsp3) is 0.935. The smallest absolute Gasteiger partial charge is 0.343 e. The highest BCUT2D eigenvalue weighted by molar-refractivity contribution is 7.47. The van der Waals surface area contributed by atoms with Gasteiger partial charge in [0.05, 0.1) is 21.1 Å². The number of aliphatic hydroxyl groups is 2. The highest BCUT2D eigenvalue weighted by atomic mass is 31.2. The summed E-state index contributed by atoms with van der Waals surface area (Å²) in [5.74, 6) is -2.75. The van der Waals surface area contributed by atoms with E-state index in [1.54, 1.807) is 13.8 Å². The van der Waals surface area contributed by atoms with Crippen LogP contribution in [0.3, 0.4) is 0 Å². The first-order valence-corrected chi connectivity index (χ1v) is 17.3. The van der Waals surface area contributed by atoms with Crippen molar-refractivity contribution in [2.24, 2.45) is 5.41 Å². The van der Waals surface area contributed by atoms with Crippen molar-refractivity contribution in [2.45, 2.75) is 149 Å². The van der Waals surface area contributed by atoms with E-state index in [1.165, 1.54) is 96.3 Å². The van der Waals surface area contributed by atoms with E-state index in [9.17, 15) is 19.7 Å². The number of quaternary nitrogens is 1. The van der Waals surface area contributed by atoms with Crippen molar-refractivity contribution in [2.75, 3.05) is 34.3 Å². The number of rotatable bonds is 27. The van der Waals surface area contributed by atoms with Gasteiger partial charge < -0.3 is 19.6 Å². The minimum Gasteiger partial charge on any atom is -0.343 e. The standard InChI is InChI=1S/C31H64NO6P/c1-7-8-9-10-11-12-13-14-15-16-17-18-19-20-21-22-23-24-25-26-27-30(2,3)31(33,34)38-39(35,36)37-29-28-32(4,5)6/h14-15,33-34H,7-13,16-29H2,1-6H3/p+1/b15-14-. The van der Waals surface area contributed by atoms with Gasteiger partial charge in [0.25, 0.3) is 5.97 Å². The molecule has 39 heavy (non-hydrogen) atoms. The van der Waals surface area contributed by atoms with E-state index in [0.29, 0.717) is 17.4 Å². The van der Waals surface area contributed by atoms with Crippen LogP contribution in [0.5, 0.6) is 0 Å². The molecule has 0 aromatic carbocycles. The number of hydrogen-bond donors (Lipinski definition) is 3. The summed E-state index contributed by atoms with van der Waals surface area (Å²) in [6, 6.07) is 0. The van der Waals surface area contributed by atoms with Gasteiger partial charge in [0.15, 0.2) is 0 Å². The summed E-state index contributed by atoms with van der Waals surface area (Å²) in [5.41, 5.74) is -1.11. The third-order valence-corrected chi connectivity index (χ3v) is 8.45. The average molecular weight is 579 g/mol. The maximum atomic E-state index is 12.2. The first-order valence-electron chi connectivity index (χ1n) is 15.8. The molecule has 0 aromatic rings. The minimum atomic E-state index is -4.59. The lowest BCUT2D eigenvalue weighted by molar-refractivity contribution is -0.870. The highest BCUT2D eigenvalue weighted by Gasteiger charge is 2.48. The molecule has 7 nitrogen and oxygen atoms in total. The van der Waals surface area contributed by atoms with Crippen molar-refractivity contribution in [1.29, 1.82) is 0 Å². The maximum absolute atomic E-state index is 12.2. The van der Waals surface area contributed by atoms with Gasteiger partial charge in [0.1, 0.15) is 13.2 Å². The Kier molecular flexibility index (Phi) is 21.3. The maximum Gasteiger partial charge on any atom is 0.476 e. The molecule has 234 valence electrons. The van der Waals surface area contributed by atoms with Gasteiger partial charge in [0, 0.05) is 5.41 Å². The SMILES string of the molecule is CCCCCCCC/C=C\CCCCCCCCCCCCC(C)(C)C(O)(O)OP(=O)(O)OCC[N+](C)(C)C. The molecule has 0 fully saturated rings. The lowest BCUT2D eigenvalue weighted by atomic mass is 9.84. The normalized spacial score (nSPS) is 14.8. The fourth-order valence-electron chi connectivity index (χ4n) is 4.43. The van der Waals surface area contributed by atoms with Crippen LogP contribution in [0.15, 0.2) is 12.2 Å². The Balaban J connectivity index is 3.78. The van der Waals surface area contributed by atoms with Gasteiger partial charge in [0.2, 0.25) is 0 Å². The molecule has 1 unspecified atom stereocenters. The zero-order chi connectivity index (χ0) is 29.7. The van der Waals surface area contributed by atoms with Crippen molar-refractivity contribution in [3.05, 3.63) is 12.2 Å². The van der Waals surface area contributed by atoms with Gasteiger partial charge in [-0.1, -0.05) is 123 Å². The second-order valence-electron chi connectivity index (χ2n) is 13.0. The summed E-state index contributed by atoms with van der Waals surface area (Å²) in [6.07, 6.45) is 27.8. The number of allylic oxidation sites excluding steroid dienone is 2. The first-order chi connectivity index (χ1) is 18.2. The van der Waals surface area contributed by atoms with Crippen LogP contribution in [0.4, 0.5) is 0 Å². The predicted molar refractivity (Wildman–Crippen MR) is 163 cm³/mol. The Morgan fingerprint density at radius 3 is 1.56 bits per heavy atom. The van der Waals surface area contributed by atoms with Gasteiger partial charge in [-0.3, -0.25) is 4.52 Å². The summed E-state index contributed by atoms with van der Waals surface area (Å²) in [4.78, 5) is 9.93. The number of phosphoric ester groups is 1. The van der Waals surface area contributed by atoms with Crippen molar-refractivity contribution < 1.29 is 33.2 Å². The summed E-state index contributed by atoms with van der Waals surface area (Å²) in [6.45, 7) is 5.99. The molecule has 0 aliphatic carbocycles. The predicted octanol–water partition coefficient (Wildman–Crippen LogP) is 8.48. The quantitative estimate of drug-likeness (QED) is 0.0297. The molecule has 0 amide bonds. The van der Waals surface area contributed by atoms with Crippen molar-refractivity contribution in [1.82, 2.24) is 0 Å². The molecule has 1 atom stereocenters. The monoisotopic (exact) mass is 578 g/mol. The average Bonchev–Trinajstić information content (AvgIpc) is 2.81. The lowest BCUT2D eigenvalue weighted by Crippen LogP contribution is -2.46. The third kappa shape index (κ3) is 23.0. The Hall–Kier alpha value is -0.270. The van der Waals surface area contributed by atoms with E-state index in [2.05, 4.69) is 19.1 Å². The number of likely N-dealkylation sites (N-methyl/N-ethyl adjacent to an activating group) is 1. The van der Waals surface area contributed by atoms with Crippen LogP contribution >= 0.6 is 7.82 Å². The van der Waals surface area contributed by atoms with Gasteiger partial charge in [-0.2, -0.15) is 0 Å². The molecule has 0 bridgehead atoms. The molecule has 8 heteroatoms. The molecule has 0 aromatic heterocycles. The van der Waals surface area contributed by atoms with Crippen LogP contribution in [0.2, 0.25) is 0 Å². The van der Waals surface area contributed by atoms with E-state index >= 15 is 0 Å². The molecule has 0 aliphatic heterocycles. The van der Waals surface area contributed by atoms with Gasteiger partial charge in [-0.15, -0.1) is 0 Å². The van der Waals surface area contributed by atoms with Gasteiger partial charge in [-0.05, 0) is 32.1 Å². The van der Waals surface area contributed by atoms with Gasteiger partial charge >= 0.3 is 7.82 Å². The molecule has 3 N–H and O–H groups in total.